The third kappa shape index (κ3) is 5.04. The second kappa shape index (κ2) is 11.0. The molecule has 36 heavy (non-hydrogen) atoms. The van der Waals surface area contributed by atoms with E-state index in [1.54, 1.807) is 37.4 Å². The summed E-state index contributed by atoms with van der Waals surface area (Å²) in [6.45, 7) is 5.64. The molecule has 2 aliphatic rings. The van der Waals surface area contributed by atoms with Crippen LogP contribution in [0, 0.1) is 5.92 Å². The highest BCUT2D eigenvalue weighted by atomic mass is 16.5. The Labute approximate surface area is 211 Å². The molecule has 0 spiro atoms. The molecule has 1 unspecified atom stereocenters. The van der Waals surface area contributed by atoms with Gasteiger partial charge in [0.1, 0.15) is 11.5 Å². The molecule has 2 aromatic rings. The molecule has 0 radical (unpaired) electrons. The summed E-state index contributed by atoms with van der Waals surface area (Å²) in [5.74, 6) is 0.487. The first-order valence-electron chi connectivity index (χ1n) is 12.2. The van der Waals surface area contributed by atoms with Gasteiger partial charge in [0.15, 0.2) is 11.5 Å². The summed E-state index contributed by atoms with van der Waals surface area (Å²) >= 11 is 0. The fourth-order valence-electron chi connectivity index (χ4n) is 4.54. The number of likely N-dealkylation sites (tertiary alicyclic amines) is 1. The number of hydrogen-bond acceptors (Lipinski definition) is 7. The van der Waals surface area contributed by atoms with E-state index < -0.39 is 17.7 Å². The van der Waals surface area contributed by atoms with Crippen LogP contribution in [0.15, 0.2) is 42.0 Å². The Hall–Kier alpha value is -3.52. The molecule has 1 amide bonds. The maximum Gasteiger partial charge on any atom is 0.295 e. The summed E-state index contributed by atoms with van der Waals surface area (Å²) in [6.07, 6.45) is 1.70. The van der Waals surface area contributed by atoms with Gasteiger partial charge in [-0.2, -0.15) is 0 Å². The fraction of sp³-hybridized carbons (Fsp3) is 0.429. The first kappa shape index (κ1) is 25.6. The Kier molecular flexibility index (Phi) is 7.84. The van der Waals surface area contributed by atoms with Gasteiger partial charge >= 0.3 is 0 Å². The largest absolute Gasteiger partial charge is 0.507 e. The van der Waals surface area contributed by atoms with Gasteiger partial charge in [-0.1, -0.05) is 19.9 Å². The quantitative estimate of drug-likeness (QED) is 0.318. The van der Waals surface area contributed by atoms with Crippen molar-refractivity contribution in [2.75, 3.05) is 40.6 Å². The Balaban J connectivity index is 1.82. The highest BCUT2D eigenvalue weighted by molar-refractivity contribution is 6.46. The molecule has 1 N–H and O–H groups in total. The number of carbonyl (C=O) groups excluding carboxylic acids is 2. The summed E-state index contributed by atoms with van der Waals surface area (Å²) in [5, 5.41) is 11.4. The van der Waals surface area contributed by atoms with E-state index >= 15 is 0 Å². The lowest BCUT2D eigenvalue weighted by Crippen LogP contribution is -2.32. The maximum atomic E-state index is 13.3. The van der Waals surface area contributed by atoms with Crippen molar-refractivity contribution in [3.05, 3.63) is 58.7 Å². The predicted molar refractivity (Wildman–Crippen MR) is 134 cm³/mol. The molecule has 1 atom stereocenters. The monoisotopic (exact) mass is 495 g/mol. The van der Waals surface area contributed by atoms with Crippen LogP contribution < -0.4 is 14.2 Å². The van der Waals surface area contributed by atoms with E-state index in [0.29, 0.717) is 41.8 Å². The Morgan fingerprint density at radius 2 is 1.94 bits per heavy atom. The van der Waals surface area contributed by atoms with Crippen molar-refractivity contribution in [1.29, 1.82) is 0 Å². The number of Topliss-reactive ketones (excluding diaryl/α,β-unsaturated/α-hetero) is 1. The van der Waals surface area contributed by atoms with E-state index in [1.165, 1.54) is 12.0 Å². The highest BCUT2D eigenvalue weighted by Gasteiger charge is 2.46. The third-order valence-corrected chi connectivity index (χ3v) is 6.33. The number of methoxy groups -OCH3 is 2. The molecule has 2 aromatic carbocycles. The summed E-state index contributed by atoms with van der Waals surface area (Å²) in [5.41, 5.74) is 2.10. The first-order chi connectivity index (χ1) is 17.3. The molecule has 8 heteroatoms. The third-order valence-electron chi connectivity index (χ3n) is 6.33. The SMILES string of the molecule is COCCN1C(=O)C(=O)/C(=C(/O)c2ccc3c(c2)CCCO3)C1c1ccc(OC)c(OCC(C)C)c1. The van der Waals surface area contributed by atoms with Crippen molar-refractivity contribution >= 4 is 17.4 Å². The highest BCUT2D eigenvalue weighted by Crippen LogP contribution is 2.42. The average Bonchev–Trinajstić information content (AvgIpc) is 3.14. The lowest BCUT2D eigenvalue weighted by molar-refractivity contribution is -0.140. The number of carbonyl (C=O) groups is 2. The van der Waals surface area contributed by atoms with Crippen molar-refractivity contribution in [1.82, 2.24) is 4.90 Å². The second-order valence-electron chi connectivity index (χ2n) is 9.37. The molecule has 0 saturated carbocycles. The number of aliphatic hydroxyl groups excluding tert-OH is 1. The van der Waals surface area contributed by atoms with Crippen molar-refractivity contribution < 1.29 is 33.6 Å². The minimum Gasteiger partial charge on any atom is -0.507 e. The van der Waals surface area contributed by atoms with Crippen molar-refractivity contribution in [2.45, 2.75) is 32.7 Å². The number of aryl methyl sites for hydroxylation is 1. The molecular formula is C28H33NO7. The number of hydrogen-bond donors (Lipinski definition) is 1. The van der Waals surface area contributed by atoms with Crippen molar-refractivity contribution in [3.63, 3.8) is 0 Å². The standard InChI is InChI=1S/C28H33NO7/c1-17(2)16-36-23-15-19(7-10-22(23)34-4)25-24(27(31)28(32)29(25)11-13-33-3)26(30)20-8-9-21-18(14-20)6-5-12-35-21/h7-10,14-15,17,25,30H,5-6,11-13,16H2,1-4H3/b26-24+. The summed E-state index contributed by atoms with van der Waals surface area (Å²) in [4.78, 5) is 27.8. The normalized spacial score (nSPS) is 18.8. The van der Waals surface area contributed by atoms with E-state index in [9.17, 15) is 14.7 Å². The average molecular weight is 496 g/mol. The van der Waals surface area contributed by atoms with E-state index in [1.807, 2.05) is 19.9 Å². The van der Waals surface area contributed by atoms with Gasteiger partial charge in [-0.05, 0) is 60.2 Å². The van der Waals surface area contributed by atoms with Crippen LogP contribution in [0.1, 0.15) is 43.0 Å². The van der Waals surface area contributed by atoms with E-state index in [2.05, 4.69) is 0 Å². The van der Waals surface area contributed by atoms with Gasteiger partial charge in [0, 0.05) is 19.2 Å². The van der Waals surface area contributed by atoms with Crippen LogP contribution in [0.5, 0.6) is 17.2 Å². The zero-order chi connectivity index (χ0) is 25.8. The number of aliphatic hydroxyl groups is 1. The van der Waals surface area contributed by atoms with E-state index in [0.717, 1.165) is 24.2 Å². The number of fused-ring (bicyclic) bond motifs is 1. The van der Waals surface area contributed by atoms with Crippen LogP contribution in [-0.4, -0.2) is 62.3 Å². The molecule has 1 saturated heterocycles. The second-order valence-corrected chi connectivity index (χ2v) is 9.37. The molecule has 8 nitrogen and oxygen atoms in total. The van der Waals surface area contributed by atoms with Gasteiger partial charge in [-0.15, -0.1) is 0 Å². The van der Waals surface area contributed by atoms with Gasteiger partial charge in [-0.3, -0.25) is 9.59 Å². The Bertz CT molecular complexity index is 1170. The molecule has 4 rings (SSSR count). The lowest BCUT2D eigenvalue weighted by Gasteiger charge is -2.26. The Morgan fingerprint density at radius 3 is 2.67 bits per heavy atom. The zero-order valence-electron chi connectivity index (χ0n) is 21.2. The molecule has 0 aliphatic carbocycles. The number of ether oxygens (including phenoxy) is 4. The van der Waals surface area contributed by atoms with E-state index in [4.69, 9.17) is 18.9 Å². The molecule has 1 fully saturated rings. The number of rotatable bonds is 9. The lowest BCUT2D eigenvalue weighted by atomic mass is 9.93. The van der Waals surface area contributed by atoms with Crippen LogP contribution in [0.4, 0.5) is 0 Å². The topological polar surface area (TPSA) is 94.5 Å². The molecule has 2 heterocycles. The van der Waals surface area contributed by atoms with Crippen LogP contribution in [-0.2, 0) is 20.7 Å². The van der Waals surface area contributed by atoms with Crippen molar-refractivity contribution in [3.8, 4) is 17.2 Å². The van der Waals surface area contributed by atoms with Crippen molar-refractivity contribution in [2.24, 2.45) is 5.92 Å². The summed E-state index contributed by atoms with van der Waals surface area (Å²) < 4.78 is 22.3. The molecule has 192 valence electrons. The van der Waals surface area contributed by atoms with Crippen LogP contribution >= 0.6 is 0 Å². The minimum absolute atomic E-state index is 0.0350. The zero-order valence-corrected chi connectivity index (χ0v) is 21.2. The number of ketones is 1. The Morgan fingerprint density at radius 1 is 1.14 bits per heavy atom. The van der Waals surface area contributed by atoms with Crippen LogP contribution in [0.2, 0.25) is 0 Å². The predicted octanol–water partition coefficient (Wildman–Crippen LogP) is 4.12. The molecule has 0 bridgehead atoms. The van der Waals surface area contributed by atoms with E-state index in [-0.39, 0.29) is 24.5 Å². The smallest absolute Gasteiger partial charge is 0.295 e. The van der Waals surface area contributed by atoms with Gasteiger partial charge in [0.2, 0.25) is 0 Å². The van der Waals surface area contributed by atoms with Gasteiger partial charge in [0.25, 0.3) is 11.7 Å². The van der Waals surface area contributed by atoms with Gasteiger partial charge < -0.3 is 29.0 Å². The number of amides is 1. The maximum absolute atomic E-state index is 13.3. The van der Waals surface area contributed by atoms with Gasteiger partial charge in [0.05, 0.1) is 38.5 Å². The summed E-state index contributed by atoms with van der Waals surface area (Å²) in [6, 6.07) is 9.83. The van der Waals surface area contributed by atoms with Gasteiger partial charge in [-0.25, -0.2) is 0 Å². The molecule has 0 aromatic heterocycles. The molecule has 2 aliphatic heterocycles. The minimum atomic E-state index is -0.806. The number of benzene rings is 2. The van der Waals surface area contributed by atoms with Crippen LogP contribution in [0.3, 0.4) is 0 Å². The fourth-order valence-corrected chi connectivity index (χ4v) is 4.54. The summed E-state index contributed by atoms with van der Waals surface area (Å²) in [7, 11) is 3.09. The first-order valence-corrected chi connectivity index (χ1v) is 12.2. The van der Waals surface area contributed by atoms with Crippen LogP contribution in [0.25, 0.3) is 5.76 Å². The number of nitrogens with zero attached hydrogens (tertiary/aromatic N) is 1. The molecular weight excluding hydrogens is 462 g/mol.